The predicted octanol–water partition coefficient (Wildman–Crippen LogP) is 4.14. The van der Waals surface area contributed by atoms with Gasteiger partial charge in [-0.2, -0.15) is 5.26 Å². The van der Waals surface area contributed by atoms with Gasteiger partial charge >= 0.3 is 0 Å². The number of rotatable bonds is 5. The van der Waals surface area contributed by atoms with E-state index in [-0.39, 0.29) is 12.5 Å². The van der Waals surface area contributed by atoms with E-state index < -0.39 is 5.82 Å². The molecule has 2 aromatic rings. The van der Waals surface area contributed by atoms with Crippen LogP contribution in [0.5, 0.6) is 11.5 Å². The Labute approximate surface area is 165 Å². The Balaban J connectivity index is 1.88. The Kier molecular flexibility index (Phi) is 5.74. The molecular weight excluding hydrogens is 387 g/mol. The van der Waals surface area contributed by atoms with E-state index >= 15 is 0 Å². The molecule has 0 atom stereocenters. The van der Waals surface area contributed by atoms with E-state index in [9.17, 15) is 9.18 Å². The number of thiocarbonyl (C=S) groups is 1. The molecule has 3 rings (SSSR count). The van der Waals surface area contributed by atoms with Crippen LogP contribution in [0.2, 0.25) is 0 Å². The van der Waals surface area contributed by atoms with Gasteiger partial charge in [0.15, 0.2) is 22.4 Å². The van der Waals surface area contributed by atoms with Crippen LogP contribution in [0.15, 0.2) is 47.4 Å². The number of amides is 1. The molecule has 1 aliphatic heterocycles. The van der Waals surface area contributed by atoms with Crippen LogP contribution in [0, 0.1) is 17.1 Å². The summed E-state index contributed by atoms with van der Waals surface area (Å²) in [5.41, 5.74) is 1.09. The smallest absolute Gasteiger partial charge is 0.270 e. The molecular formula is C19H13FN2O3S2. The minimum Gasteiger partial charge on any atom is -0.493 e. The number of halogens is 1. The molecule has 0 bridgehead atoms. The summed E-state index contributed by atoms with van der Waals surface area (Å²) in [6, 6.07) is 12.7. The first-order valence-corrected chi connectivity index (χ1v) is 8.97. The highest BCUT2D eigenvalue weighted by Crippen LogP contribution is 2.37. The third-order valence-electron chi connectivity index (χ3n) is 3.64. The van der Waals surface area contributed by atoms with Gasteiger partial charge in [0.2, 0.25) is 0 Å². The number of hydrogen-bond acceptors (Lipinski definition) is 6. The van der Waals surface area contributed by atoms with Crippen molar-refractivity contribution in [2.24, 2.45) is 0 Å². The van der Waals surface area contributed by atoms with Crippen molar-refractivity contribution < 1.29 is 18.7 Å². The van der Waals surface area contributed by atoms with Crippen LogP contribution >= 0.6 is 24.0 Å². The van der Waals surface area contributed by atoms with Gasteiger partial charge in [-0.3, -0.25) is 9.69 Å². The fraction of sp³-hybridized carbons (Fsp3) is 0.105. The van der Waals surface area contributed by atoms with Crippen molar-refractivity contribution in [1.29, 1.82) is 5.26 Å². The zero-order valence-electron chi connectivity index (χ0n) is 14.1. The van der Waals surface area contributed by atoms with Crippen LogP contribution in [-0.2, 0) is 4.79 Å². The Morgan fingerprint density at radius 1 is 1.30 bits per heavy atom. The van der Waals surface area contributed by atoms with Crippen LogP contribution < -0.4 is 14.4 Å². The average Bonchev–Trinajstić information content (AvgIpc) is 2.93. The lowest BCUT2D eigenvalue weighted by molar-refractivity contribution is -0.113. The minimum absolute atomic E-state index is 0.0952. The maximum atomic E-state index is 13.5. The summed E-state index contributed by atoms with van der Waals surface area (Å²) < 4.78 is 24.4. The van der Waals surface area contributed by atoms with E-state index in [0.29, 0.717) is 32.0 Å². The second-order valence-electron chi connectivity index (χ2n) is 5.35. The molecule has 1 fully saturated rings. The zero-order valence-corrected chi connectivity index (χ0v) is 15.8. The maximum Gasteiger partial charge on any atom is 0.270 e. The summed E-state index contributed by atoms with van der Waals surface area (Å²) in [4.78, 5) is 14.4. The SMILES string of the molecule is COc1cc(/C=C2/SC(=S)N(c3cccc(F)c3)C2=O)ccc1OCC#N. The van der Waals surface area contributed by atoms with Gasteiger partial charge in [-0.1, -0.05) is 36.1 Å². The summed E-state index contributed by atoms with van der Waals surface area (Å²) in [5, 5.41) is 8.62. The topological polar surface area (TPSA) is 62.6 Å². The second-order valence-corrected chi connectivity index (χ2v) is 7.03. The molecule has 1 saturated heterocycles. The van der Waals surface area contributed by atoms with Crippen LogP contribution in [0.25, 0.3) is 6.08 Å². The molecule has 0 aromatic heterocycles. The minimum atomic E-state index is -0.441. The van der Waals surface area contributed by atoms with Crippen molar-refractivity contribution in [3.05, 3.63) is 58.8 Å². The largest absolute Gasteiger partial charge is 0.493 e. The van der Waals surface area contributed by atoms with Gasteiger partial charge in [-0.05, 0) is 42.0 Å². The Morgan fingerprint density at radius 3 is 2.81 bits per heavy atom. The van der Waals surface area contributed by atoms with Crippen LogP contribution in [0.3, 0.4) is 0 Å². The molecule has 0 saturated carbocycles. The lowest BCUT2D eigenvalue weighted by Gasteiger charge is -2.14. The molecule has 1 heterocycles. The molecule has 5 nitrogen and oxygen atoms in total. The van der Waals surface area contributed by atoms with Crippen LogP contribution in [0.4, 0.5) is 10.1 Å². The molecule has 0 N–H and O–H groups in total. The number of nitriles is 1. The van der Waals surface area contributed by atoms with E-state index in [1.165, 1.54) is 30.2 Å². The van der Waals surface area contributed by atoms with Crippen molar-refractivity contribution in [1.82, 2.24) is 0 Å². The summed E-state index contributed by atoms with van der Waals surface area (Å²) in [7, 11) is 1.49. The molecule has 0 aliphatic carbocycles. The maximum absolute atomic E-state index is 13.5. The fourth-order valence-electron chi connectivity index (χ4n) is 2.46. The quantitative estimate of drug-likeness (QED) is 0.555. The van der Waals surface area contributed by atoms with Crippen LogP contribution in [0.1, 0.15) is 5.56 Å². The highest BCUT2D eigenvalue weighted by Gasteiger charge is 2.33. The van der Waals surface area contributed by atoms with Crippen molar-refractivity contribution in [2.75, 3.05) is 18.6 Å². The van der Waals surface area contributed by atoms with Gasteiger partial charge in [-0.15, -0.1) is 0 Å². The third kappa shape index (κ3) is 4.10. The first-order valence-electron chi connectivity index (χ1n) is 7.75. The number of methoxy groups -OCH3 is 1. The number of carbonyl (C=O) groups excluding carboxylic acids is 1. The number of carbonyl (C=O) groups is 1. The van der Waals surface area contributed by atoms with E-state index in [4.69, 9.17) is 27.0 Å². The zero-order chi connectivity index (χ0) is 19.4. The normalized spacial score (nSPS) is 15.1. The molecule has 1 amide bonds. The van der Waals surface area contributed by atoms with Crippen molar-refractivity contribution in [2.45, 2.75) is 0 Å². The number of nitrogens with zero attached hydrogens (tertiary/aromatic N) is 2. The number of benzene rings is 2. The average molecular weight is 400 g/mol. The van der Waals surface area contributed by atoms with E-state index in [2.05, 4.69) is 0 Å². The van der Waals surface area contributed by atoms with Crippen molar-refractivity contribution >= 4 is 46.0 Å². The number of hydrogen-bond donors (Lipinski definition) is 0. The number of anilines is 1. The third-order valence-corrected chi connectivity index (χ3v) is 4.94. The van der Waals surface area contributed by atoms with E-state index in [1.54, 1.807) is 30.3 Å². The van der Waals surface area contributed by atoms with Crippen molar-refractivity contribution in [3.8, 4) is 17.6 Å². The molecule has 136 valence electrons. The standard InChI is InChI=1S/C19H13FN2O3S2/c1-24-16-9-12(5-6-15(16)25-8-7-21)10-17-18(23)22(19(26)27-17)14-4-2-3-13(20)11-14/h2-6,9-11H,8H2,1H3/b17-10+. The molecule has 0 radical (unpaired) electrons. The second kappa shape index (κ2) is 8.20. The molecule has 2 aromatic carbocycles. The van der Waals surface area contributed by atoms with Gasteiger partial charge < -0.3 is 9.47 Å². The molecule has 27 heavy (non-hydrogen) atoms. The first kappa shape index (κ1) is 18.9. The molecule has 0 spiro atoms. The number of ether oxygens (including phenoxy) is 2. The Morgan fingerprint density at radius 2 is 2.11 bits per heavy atom. The fourth-order valence-corrected chi connectivity index (χ4v) is 3.76. The van der Waals surface area contributed by atoms with Gasteiger partial charge in [-0.25, -0.2) is 4.39 Å². The van der Waals surface area contributed by atoms with Gasteiger partial charge in [0, 0.05) is 0 Å². The molecule has 0 unspecified atom stereocenters. The highest BCUT2D eigenvalue weighted by molar-refractivity contribution is 8.27. The number of thioether (sulfide) groups is 1. The summed E-state index contributed by atoms with van der Waals surface area (Å²) in [6.07, 6.45) is 1.68. The lowest BCUT2D eigenvalue weighted by Crippen LogP contribution is -2.27. The summed E-state index contributed by atoms with van der Waals surface area (Å²) in [5.74, 6) is 0.116. The summed E-state index contributed by atoms with van der Waals surface area (Å²) in [6.45, 7) is -0.0952. The van der Waals surface area contributed by atoms with E-state index in [0.717, 1.165) is 11.8 Å². The van der Waals surface area contributed by atoms with Gasteiger partial charge in [0.05, 0.1) is 17.7 Å². The van der Waals surface area contributed by atoms with Gasteiger partial charge in [0.1, 0.15) is 11.9 Å². The Hall–Kier alpha value is -2.89. The monoisotopic (exact) mass is 400 g/mol. The molecule has 8 heteroatoms. The van der Waals surface area contributed by atoms with E-state index in [1.807, 2.05) is 6.07 Å². The van der Waals surface area contributed by atoms with Crippen molar-refractivity contribution in [3.63, 3.8) is 0 Å². The summed E-state index contributed by atoms with van der Waals surface area (Å²) >= 11 is 6.42. The lowest BCUT2D eigenvalue weighted by atomic mass is 10.2. The van der Waals surface area contributed by atoms with Gasteiger partial charge in [0.25, 0.3) is 5.91 Å². The first-order chi connectivity index (χ1) is 13.0. The molecule has 1 aliphatic rings. The van der Waals surface area contributed by atoms with Crippen LogP contribution in [-0.4, -0.2) is 23.9 Å². The Bertz CT molecular complexity index is 985. The predicted molar refractivity (Wildman–Crippen MR) is 106 cm³/mol. The highest BCUT2D eigenvalue weighted by atomic mass is 32.2.